The van der Waals surface area contributed by atoms with E-state index < -0.39 is 171 Å². The molecule has 0 aromatic heterocycles. The molecule has 0 amide bonds. The average Bonchev–Trinajstić information content (AvgIpc) is 3.34. The first kappa shape index (κ1) is 64.8. The normalized spacial score (nSPS) is 49.7. The minimum absolute atomic E-state index is 0.230. The van der Waals surface area contributed by atoms with E-state index in [9.17, 15) is 71.2 Å². The summed E-state index contributed by atoms with van der Waals surface area (Å²) in [5.74, 6) is -2.27. The lowest BCUT2D eigenvalue weighted by molar-refractivity contribution is -0.349. The molecule has 0 aromatic carbocycles. The summed E-state index contributed by atoms with van der Waals surface area (Å²) >= 11 is 0. The van der Waals surface area contributed by atoms with Gasteiger partial charge < -0.3 is 128 Å². The Balaban J connectivity index is 0.000000300. The van der Waals surface area contributed by atoms with E-state index in [4.69, 9.17) is 61.9 Å². The molecule has 0 radical (unpaired) electrons. The molecule has 72 heavy (non-hydrogen) atoms. The highest BCUT2D eigenvalue weighted by Gasteiger charge is 2.52. The van der Waals surface area contributed by atoms with Gasteiger partial charge >= 0.3 is 5.97 Å². The van der Waals surface area contributed by atoms with Gasteiger partial charge in [0.25, 0.3) is 0 Å². The lowest BCUT2D eigenvalue weighted by Gasteiger charge is -2.46. The van der Waals surface area contributed by atoms with Crippen molar-refractivity contribution < 1.29 is 133 Å². The Kier molecular flexibility index (Phi) is 26.3. The van der Waals surface area contributed by atoms with Gasteiger partial charge in [0.1, 0.15) is 110 Å². The highest BCUT2D eigenvalue weighted by atomic mass is 16.7. The summed E-state index contributed by atoms with van der Waals surface area (Å²) in [5, 5.41) is 137. The maximum Gasteiger partial charge on any atom is 0.333 e. The van der Waals surface area contributed by atoms with Crippen molar-refractivity contribution in [3.05, 3.63) is 0 Å². The number of carboxylic acids is 1. The van der Waals surface area contributed by atoms with Crippen LogP contribution in [-0.4, -0.2) is 297 Å². The van der Waals surface area contributed by atoms with Crippen LogP contribution in [0.1, 0.15) is 55.4 Å². The van der Waals surface area contributed by atoms with Gasteiger partial charge in [0.15, 0.2) is 18.7 Å². The van der Waals surface area contributed by atoms with E-state index in [1.54, 1.807) is 48.5 Å². The molecule has 6 fully saturated rings. The third-order valence-electron chi connectivity index (χ3n) is 13.9. The summed E-state index contributed by atoms with van der Waals surface area (Å²) < 4.78 is 63.7. The number of carbonyl (C=O) groups is 1. The SMILES string of the molecule is COC1C(O)[C@@H](C)OC(C)[C@@H]1O.COC1C(O)[C@@H](C)OC(C)[C@@H]1O.CO[C@@H]1C(CO)O[C@H](C)C(O)[C@H]1O.CO[C@@H]1C(O[C@H]2OC(CO[C@H]3OC(C(=O)O)[C@@H](C)[C@H](O)C3O)[C@@H](O)[C@H](O)C2O)[C@@H](C)OC(C)[C@@H]1O. The number of aliphatic hydroxyl groups excluding tert-OH is 13. The average molecular weight is 1060 g/mol. The molecule has 0 aliphatic carbocycles. The second kappa shape index (κ2) is 29.3. The van der Waals surface area contributed by atoms with Gasteiger partial charge in [-0.25, -0.2) is 4.79 Å². The third-order valence-corrected chi connectivity index (χ3v) is 13.9. The van der Waals surface area contributed by atoms with Crippen LogP contribution in [0.5, 0.6) is 0 Å². The molecular weight excluding hydrogens is 972 g/mol. The molecule has 6 aliphatic rings. The van der Waals surface area contributed by atoms with E-state index in [1.807, 2.05) is 0 Å². The van der Waals surface area contributed by atoms with E-state index >= 15 is 0 Å². The second-order valence-corrected chi connectivity index (χ2v) is 19.0. The van der Waals surface area contributed by atoms with E-state index in [-0.39, 0.29) is 31.0 Å². The van der Waals surface area contributed by atoms with Crippen molar-refractivity contribution in [3.8, 4) is 0 Å². The molecule has 14 N–H and O–H groups in total. The number of aliphatic hydroxyl groups is 13. The van der Waals surface area contributed by atoms with E-state index in [2.05, 4.69) is 0 Å². The Morgan fingerprint density at radius 2 is 0.792 bits per heavy atom. The maximum atomic E-state index is 11.4. The first-order chi connectivity index (χ1) is 33.6. The van der Waals surface area contributed by atoms with Crippen molar-refractivity contribution in [1.82, 2.24) is 0 Å². The molecule has 27 nitrogen and oxygen atoms in total. The van der Waals surface area contributed by atoms with Crippen LogP contribution in [0.25, 0.3) is 0 Å². The monoisotopic (exact) mass is 1060 g/mol. The quantitative estimate of drug-likeness (QED) is 0.0916. The molecule has 0 aromatic rings. The minimum Gasteiger partial charge on any atom is -0.479 e. The summed E-state index contributed by atoms with van der Waals surface area (Å²) in [7, 11) is 5.73. The lowest BCUT2D eigenvalue weighted by Crippen LogP contribution is -2.64. The van der Waals surface area contributed by atoms with Crippen LogP contribution in [0.15, 0.2) is 0 Å². The first-order valence-electron chi connectivity index (χ1n) is 24.0. The van der Waals surface area contributed by atoms with Gasteiger partial charge in [-0.3, -0.25) is 0 Å². The molecule has 6 rings (SSSR count). The predicted octanol–water partition coefficient (Wildman–Crippen LogP) is -5.89. The fraction of sp³-hybridized carbons (Fsp3) is 0.978. The number of rotatable bonds is 11. The summed E-state index contributed by atoms with van der Waals surface area (Å²) in [4.78, 5) is 11.4. The first-order valence-corrected chi connectivity index (χ1v) is 24.0. The molecular formula is C45H84O27. The van der Waals surface area contributed by atoms with E-state index in [0.717, 1.165) is 0 Å². The number of carboxylic acid groups (broad SMARTS) is 1. The van der Waals surface area contributed by atoms with Crippen LogP contribution < -0.4 is 0 Å². The molecule has 27 heteroatoms. The molecule has 6 heterocycles. The van der Waals surface area contributed by atoms with Crippen molar-refractivity contribution in [2.24, 2.45) is 5.92 Å². The van der Waals surface area contributed by atoms with E-state index in [1.165, 1.54) is 35.4 Å². The lowest BCUT2D eigenvalue weighted by atomic mass is 9.91. The van der Waals surface area contributed by atoms with Gasteiger partial charge in [0, 0.05) is 34.4 Å². The Labute approximate surface area is 418 Å². The van der Waals surface area contributed by atoms with Gasteiger partial charge in [0.05, 0.1) is 62.0 Å². The van der Waals surface area contributed by atoms with Crippen LogP contribution in [0, 0.1) is 5.92 Å². The Bertz CT molecular complexity index is 1490. The zero-order valence-corrected chi connectivity index (χ0v) is 42.8. The van der Waals surface area contributed by atoms with Crippen molar-refractivity contribution in [1.29, 1.82) is 0 Å². The number of methoxy groups -OCH3 is 4. The molecule has 6 aliphatic heterocycles. The van der Waals surface area contributed by atoms with Crippen LogP contribution in [0.2, 0.25) is 0 Å². The standard InChI is InChI=1S/C21H36O14.C8H16O5.2C8H16O4/c1-6-10(22)14(26)20(34-16(6)19(28)29)31-5-9-12(24)13(25)15(27)21(33-9)35-17-8(3)32-7(2)11(23)18(17)30-4;1-4-6(10)7(11)8(12-2)5(3-9)13-4;2*1-4-6(9)8(11-3)7(10)5(2)12-4/h6-18,20-27H,5H2,1-4H3,(H,28,29);4-11H,3H2,1-2H3;2*4-10H,1-3H3/t6-,7?,8+,9?,10-,11-,12+,13-,14?,15?,16?,17?,18-,20-,21+;4-,5?,6?,7-,8-;2*4-,5?,6?,7+,8?/m0111/s1. The summed E-state index contributed by atoms with van der Waals surface area (Å²) in [6.45, 7) is 12.7. The highest BCUT2D eigenvalue weighted by Crippen LogP contribution is 2.32. The molecule has 6 saturated heterocycles. The van der Waals surface area contributed by atoms with Gasteiger partial charge in [-0.15, -0.1) is 0 Å². The number of hydrogen-bond donors (Lipinski definition) is 14. The highest BCUT2D eigenvalue weighted by molar-refractivity contribution is 5.73. The van der Waals surface area contributed by atoms with Gasteiger partial charge in [-0.1, -0.05) is 6.92 Å². The molecule has 0 bridgehead atoms. The van der Waals surface area contributed by atoms with Crippen LogP contribution in [-0.2, 0) is 61.6 Å². The summed E-state index contributed by atoms with van der Waals surface area (Å²) in [5.41, 5.74) is 0. The van der Waals surface area contributed by atoms with Crippen molar-refractivity contribution in [2.45, 2.75) is 233 Å². The van der Waals surface area contributed by atoms with Crippen molar-refractivity contribution >= 4 is 5.97 Å². The maximum absolute atomic E-state index is 11.4. The summed E-state index contributed by atoms with van der Waals surface area (Å²) in [6.07, 6.45) is -26.8. The number of hydrogen-bond acceptors (Lipinski definition) is 26. The fourth-order valence-electron chi connectivity index (χ4n) is 9.21. The Morgan fingerprint density at radius 1 is 0.389 bits per heavy atom. The molecule has 0 spiro atoms. The topological polar surface area (TPSA) is 411 Å². The smallest absolute Gasteiger partial charge is 0.333 e. The van der Waals surface area contributed by atoms with Crippen LogP contribution in [0.3, 0.4) is 0 Å². The predicted molar refractivity (Wildman–Crippen MR) is 242 cm³/mol. The van der Waals surface area contributed by atoms with Gasteiger partial charge in [0.2, 0.25) is 0 Å². The minimum atomic E-state index is -1.72. The second-order valence-electron chi connectivity index (χ2n) is 19.0. The van der Waals surface area contributed by atoms with Gasteiger partial charge in [-0.05, 0) is 48.5 Å². The number of ether oxygens (including phenoxy) is 12. The fourth-order valence-corrected chi connectivity index (χ4v) is 9.21. The molecule has 426 valence electrons. The van der Waals surface area contributed by atoms with Crippen LogP contribution >= 0.6 is 0 Å². The van der Waals surface area contributed by atoms with Crippen LogP contribution in [0.4, 0.5) is 0 Å². The Morgan fingerprint density at radius 3 is 1.21 bits per heavy atom. The molecule has 30 atom stereocenters. The van der Waals surface area contributed by atoms with Crippen molar-refractivity contribution in [3.63, 3.8) is 0 Å². The zero-order valence-electron chi connectivity index (χ0n) is 42.8. The van der Waals surface area contributed by atoms with E-state index in [0.29, 0.717) is 0 Å². The third kappa shape index (κ3) is 15.6. The largest absolute Gasteiger partial charge is 0.479 e. The zero-order chi connectivity index (χ0) is 54.8. The Hall–Kier alpha value is -1.53. The number of aliphatic carboxylic acids is 1. The molecule has 0 saturated carbocycles. The summed E-state index contributed by atoms with van der Waals surface area (Å²) in [6, 6.07) is 0. The van der Waals surface area contributed by atoms with Crippen molar-refractivity contribution in [2.75, 3.05) is 41.7 Å². The molecule has 14 unspecified atom stereocenters. The van der Waals surface area contributed by atoms with Gasteiger partial charge in [-0.2, -0.15) is 0 Å².